The molecule has 0 aromatic carbocycles. The van der Waals surface area contributed by atoms with Crippen molar-refractivity contribution in [3.63, 3.8) is 0 Å². The van der Waals surface area contributed by atoms with Crippen molar-refractivity contribution in [3.8, 4) is 0 Å². The van der Waals surface area contributed by atoms with Gasteiger partial charge in [-0.05, 0) is 186 Å². The molecule has 2 nitrogen and oxygen atoms in total. The first-order valence-electron chi connectivity index (χ1n) is 34.3. The Morgan fingerprint density at radius 1 is 0.173 bits per heavy atom. The predicted octanol–water partition coefficient (Wildman–Crippen LogP) is 23.3. The molecule has 0 N–H and O–H groups in total. The SMILES string of the molecule is C.C.C.C1=CC[C@@H]2CCC[C@H]2C1.C1=CC[C@H]2CCC[C@H]2C1.C1CC[C@@H]2CCC[C@H]2C1.C1CC[C@@H]2CCC[C@H]2C1.C1CC[C@H]2CCC[C@H]2C1.C1CC[C@H]2CCC[C@H]2C1.C1CO[C@@H]2CCC[C@H]2C1.C1CO[C@H]2CCC[C@H]2C1. The van der Waals surface area contributed by atoms with Gasteiger partial charge in [0.1, 0.15) is 0 Å². The molecule has 16 rings (SSSR count). The minimum atomic E-state index is 0. The van der Waals surface area contributed by atoms with E-state index in [9.17, 15) is 0 Å². The Bertz CT molecular complexity index is 1160. The summed E-state index contributed by atoms with van der Waals surface area (Å²) in [5.74, 6) is 15.5. The molecule has 0 aromatic heterocycles. The Labute approximate surface area is 470 Å². The zero-order chi connectivity index (χ0) is 48.8. The number of fused-ring (bicyclic) bond motifs is 8. The highest BCUT2D eigenvalue weighted by molar-refractivity contribution is 4.98. The Morgan fingerprint density at radius 2 is 0.347 bits per heavy atom. The van der Waals surface area contributed by atoms with Crippen LogP contribution in [0, 0.1) is 82.9 Å². The highest BCUT2D eigenvalue weighted by Crippen LogP contribution is 2.46. The van der Waals surface area contributed by atoms with Gasteiger partial charge < -0.3 is 9.47 Å². The standard InChI is InChI=1S/4C9H16.2C9H14.2C8H14O.3CH4/c6*1-2-5-9-7-3-6-8(9)4-1;2*1-3-7-4-2-6-9-8(7)5-1;;;/h4*8-9H,1-7H2;2*1-2,8-9H,3-7H2;2*7-8H,1-6H2;3*1H4/t2*8-,9+;2*8-,9-;8-,9+;8-,9-;7-,8+;7-,8-;;;/m..11.100.../s1. The number of ether oxygens (including phenoxy) is 2. The van der Waals surface area contributed by atoms with E-state index >= 15 is 0 Å². The Balaban J connectivity index is 0.000000139. The van der Waals surface area contributed by atoms with Crippen LogP contribution in [0.15, 0.2) is 24.3 Å². The first-order chi connectivity index (χ1) is 35.7. The molecule has 75 heavy (non-hydrogen) atoms. The molecule has 436 valence electrons. The van der Waals surface area contributed by atoms with Crippen LogP contribution in [0.1, 0.15) is 330 Å². The van der Waals surface area contributed by atoms with Crippen molar-refractivity contribution in [1.82, 2.24) is 0 Å². The van der Waals surface area contributed by atoms with Crippen molar-refractivity contribution in [1.29, 1.82) is 0 Å². The zero-order valence-electron chi connectivity index (χ0n) is 47.7. The molecule has 2 saturated heterocycles. The van der Waals surface area contributed by atoms with Gasteiger partial charge in [0.05, 0.1) is 12.2 Å². The van der Waals surface area contributed by atoms with Gasteiger partial charge in [-0.1, -0.05) is 252 Å². The van der Waals surface area contributed by atoms with Gasteiger partial charge in [-0.15, -0.1) is 0 Å². The normalized spacial score (nSPS) is 40.5. The van der Waals surface area contributed by atoms with E-state index in [4.69, 9.17) is 9.47 Å². The average molecular weight is 1040 g/mol. The zero-order valence-corrected chi connectivity index (χ0v) is 47.7. The van der Waals surface area contributed by atoms with E-state index in [0.717, 1.165) is 48.7 Å². The largest absolute Gasteiger partial charge is 0.378 e. The summed E-state index contributed by atoms with van der Waals surface area (Å²) in [7, 11) is 0. The fourth-order valence-electron chi connectivity index (χ4n) is 19.6. The quantitative estimate of drug-likeness (QED) is 0.225. The van der Waals surface area contributed by atoms with E-state index in [2.05, 4.69) is 24.3 Å². The molecule has 0 unspecified atom stereocenters. The molecule has 2 heteroatoms. The van der Waals surface area contributed by atoms with Crippen LogP contribution in [0.25, 0.3) is 0 Å². The average Bonchev–Trinajstić information content (AvgIpc) is 4.31. The number of allylic oxidation sites excluding steroid dienone is 4. The molecule has 14 fully saturated rings. The lowest BCUT2D eigenvalue weighted by Gasteiger charge is -2.25. The second-order valence-electron chi connectivity index (χ2n) is 28.2. The Hall–Kier alpha value is -0.600. The van der Waals surface area contributed by atoms with E-state index in [1.807, 2.05) is 0 Å². The summed E-state index contributed by atoms with van der Waals surface area (Å²) in [5.41, 5.74) is 0. The van der Waals surface area contributed by atoms with Crippen LogP contribution in [0.5, 0.6) is 0 Å². The first kappa shape index (κ1) is 63.6. The third-order valence-electron chi connectivity index (χ3n) is 23.9. The van der Waals surface area contributed by atoms with Gasteiger partial charge in [-0.25, -0.2) is 0 Å². The monoisotopic (exact) mass is 1040 g/mol. The van der Waals surface area contributed by atoms with Crippen molar-refractivity contribution in [2.24, 2.45) is 82.9 Å². The summed E-state index contributed by atoms with van der Waals surface area (Å²) in [5, 5.41) is 0. The van der Waals surface area contributed by atoms with Crippen LogP contribution in [-0.2, 0) is 9.47 Å². The van der Waals surface area contributed by atoms with E-state index < -0.39 is 0 Å². The summed E-state index contributed by atoms with van der Waals surface area (Å²) in [6.45, 7) is 2.06. The van der Waals surface area contributed by atoms with Crippen LogP contribution < -0.4 is 0 Å². The van der Waals surface area contributed by atoms with Gasteiger partial charge in [0, 0.05) is 13.2 Å². The lowest BCUT2D eigenvalue weighted by Crippen LogP contribution is -2.23. The highest BCUT2D eigenvalue weighted by atomic mass is 16.5. The van der Waals surface area contributed by atoms with Crippen LogP contribution in [0.4, 0.5) is 0 Å². The Kier molecular flexibility index (Phi) is 30.5. The van der Waals surface area contributed by atoms with E-state index in [1.165, 1.54) is 253 Å². The smallest absolute Gasteiger partial charge is 0.0603 e. The van der Waals surface area contributed by atoms with Gasteiger partial charge >= 0.3 is 0 Å². The highest BCUT2D eigenvalue weighted by Gasteiger charge is 2.34. The van der Waals surface area contributed by atoms with Gasteiger partial charge in [0.15, 0.2) is 0 Å². The second kappa shape index (κ2) is 36.0. The molecule has 0 aromatic rings. The lowest BCUT2D eigenvalue weighted by molar-refractivity contribution is -0.00932. The number of hydrogen-bond acceptors (Lipinski definition) is 2. The minimum absolute atomic E-state index is 0. The molecule has 2 aliphatic heterocycles. The maximum Gasteiger partial charge on any atom is 0.0603 e. The molecule has 16 aliphatic rings. The Morgan fingerprint density at radius 3 is 0.573 bits per heavy atom. The van der Waals surface area contributed by atoms with Crippen LogP contribution in [0.2, 0.25) is 0 Å². The topological polar surface area (TPSA) is 18.5 Å². The predicted molar refractivity (Wildman–Crippen MR) is 328 cm³/mol. The third-order valence-corrected chi connectivity index (χ3v) is 23.9. The van der Waals surface area contributed by atoms with Crippen molar-refractivity contribution in [2.45, 2.75) is 343 Å². The van der Waals surface area contributed by atoms with Crippen molar-refractivity contribution in [2.75, 3.05) is 13.2 Å². The fourth-order valence-corrected chi connectivity index (χ4v) is 19.6. The van der Waals surface area contributed by atoms with Crippen LogP contribution in [-0.4, -0.2) is 25.4 Å². The summed E-state index contributed by atoms with van der Waals surface area (Å²) < 4.78 is 11.2. The summed E-state index contributed by atoms with van der Waals surface area (Å²) >= 11 is 0. The van der Waals surface area contributed by atoms with Crippen LogP contribution in [0.3, 0.4) is 0 Å². The molecular formula is C73H132O2. The van der Waals surface area contributed by atoms with Crippen molar-refractivity contribution in [3.05, 3.63) is 24.3 Å². The molecular weight excluding hydrogens is 909 g/mol. The lowest BCUT2D eigenvalue weighted by atomic mass is 9.82. The maximum absolute atomic E-state index is 5.60. The summed E-state index contributed by atoms with van der Waals surface area (Å²) in [6, 6.07) is 0. The van der Waals surface area contributed by atoms with Crippen molar-refractivity contribution < 1.29 is 9.47 Å². The van der Waals surface area contributed by atoms with Gasteiger partial charge in [-0.2, -0.15) is 0 Å². The van der Waals surface area contributed by atoms with Gasteiger partial charge in [0.25, 0.3) is 0 Å². The summed E-state index contributed by atoms with van der Waals surface area (Å²) in [6.07, 6.45) is 82.5. The molecule has 0 radical (unpaired) electrons. The molecule has 0 amide bonds. The molecule has 12 saturated carbocycles. The van der Waals surface area contributed by atoms with E-state index in [1.54, 1.807) is 103 Å². The third kappa shape index (κ3) is 20.4. The number of hydrogen-bond donors (Lipinski definition) is 0. The summed E-state index contributed by atoms with van der Waals surface area (Å²) in [4.78, 5) is 0. The molecule has 16 atom stereocenters. The van der Waals surface area contributed by atoms with Crippen molar-refractivity contribution >= 4 is 0 Å². The fraction of sp³-hybridized carbons (Fsp3) is 0.945. The van der Waals surface area contributed by atoms with Gasteiger partial charge in [-0.3, -0.25) is 0 Å². The van der Waals surface area contributed by atoms with Gasteiger partial charge in [0.2, 0.25) is 0 Å². The first-order valence-corrected chi connectivity index (χ1v) is 34.3. The van der Waals surface area contributed by atoms with E-state index in [0.29, 0.717) is 12.2 Å². The maximum atomic E-state index is 5.60. The molecule has 2 heterocycles. The number of rotatable bonds is 0. The minimum Gasteiger partial charge on any atom is -0.378 e. The molecule has 0 bridgehead atoms. The molecule has 14 aliphatic carbocycles. The van der Waals surface area contributed by atoms with E-state index in [-0.39, 0.29) is 22.3 Å². The molecule has 0 spiro atoms. The van der Waals surface area contributed by atoms with Crippen LogP contribution >= 0.6 is 0 Å². The second-order valence-corrected chi connectivity index (χ2v) is 28.2.